The van der Waals surface area contributed by atoms with Gasteiger partial charge in [0.25, 0.3) is 0 Å². The highest BCUT2D eigenvalue weighted by atomic mass is 15.1. The molecule has 11 rings (SSSR count). The van der Waals surface area contributed by atoms with Crippen molar-refractivity contribution in [3.8, 4) is 16.8 Å². The fourth-order valence-electron chi connectivity index (χ4n) is 8.45. The van der Waals surface area contributed by atoms with Crippen molar-refractivity contribution in [2.24, 2.45) is 15.0 Å². The van der Waals surface area contributed by atoms with Gasteiger partial charge in [-0.25, -0.2) is 9.98 Å². The summed E-state index contributed by atoms with van der Waals surface area (Å²) < 4.78 is 4.80. The van der Waals surface area contributed by atoms with E-state index in [9.17, 15) is 0 Å². The Kier molecular flexibility index (Phi) is 9.56. The summed E-state index contributed by atoms with van der Waals surface area (Å²) >= 11 is 0. The highest BCUT2D eigenvalue weighted by Crippen LogP contribution is 2.41. The minimum atomic E-state index is 0.523. The van der Waals surface area contributed by atoms with Gasteiger partial charge in [-0.2, -0.15) is 0 Å². The predicted molar refractivity (Wildman–Crippen MR) is 253 cm³/mol. The van der Waals surface area contributed by atoms with Crippen molar-refractivity contribution in [1.82, 2.24) is 14.0 Å². The number of aliphatic imine (C=N–C) groups is 3. The zero-order valence-electron chi connectivity index (χ0n) is 33.0. The van der Waals surface area contributed by atoms with Crippen LogP contribution in [0.5, 0.6) is 0 Å². The van der Waals surface area contributed by atoms with Crippen LogP contribution in [0, 0.1) is 0 Å². The highest BCUT2D eigenvalue weighted by molar-refractivity contribution is 6.24. The van der Waals surface area contributed by atoms with Crippen LogP contribution in [0.4, 0.5) is 0 Å². The van der Waals surface area contributed by atoms with Crippen LogP contribution < -0.4 is 0 Å². The first-order valence-corrected chi connectivity index (χ1v) is 20.1. The van der Waals surface area contributed by atoms with E-state index in [0.29, 0.717) is 12.4 Å². The van der Waals surface area contributed by atoms with E-state index in [-0.39, 0.29) is 0 Å². The Morgan fingerprint density at radius 3 is 1.87 bits per heavy atom. The lowest BCUT2D eigenvalue weighted by molar-refractivity contribution is 1.06. The number of nitrogens with zero attached hydrogens (tertiary/aromatic N) is 6. The van der Waals surface area contributed by atoms with Crippen molar-refractivity contribution in [2.45, 2.75) is 13.1 Å². The molecular weight excluding hydrogens is 733 g/mol. The van der Waals surface area contributed by atoms with Crippen molar-refractivity contribution in [1.29, 1.82) is 0 Å². The zero-order chi connectivity index (χ0) is 40.4. The third-order valence-electron chi connectivity index (χ3n) is 11.2. The molecule has 0 unspecified atom stereocenters. The molecule has 0 spiro atoms. The highest BCUT2D eigenvalue weighted by Gasteiger charge is 2.21. The molecule has 0 aliphatic rings. The number of imidazole rings is 1. The number of rotatable bonds is 7. The molecular formula is C54H40N6. The van der Waals surface area contributed by atoms with Gasteiger partial charge < -0.3 is 4.57 Å². The van der Waals surface area contributed by atoms with E-state index < -0.39 is 0 Å². The average molecular weight is 773 g/mol. The van der Waals surface area contributed by atoms with E-state index in [1.165, 1.54) is 38.1 Å². The minimum Gasteiger partial charge on any atom is -0.307 e. The van der Waals surface area contributed by atoms with Gasteiger partial charge in [-0.1, -0.05) is 158 Å². The molecule has 0 saturated heterocycles. The molecule has 0 amide bonds. The molecule has 6 nitrogen and oxygen atoms in total. The molecule has 0 saturated carbocycles. The van der Waals surface area contributed by atoms with Gasteiger partial charge in [0.2, 0.25) is 0 Å². The van der Waals surface area contributed by atoms with Crippen LogP contribution in [0.25, 0.3) is 77.0 Å². The van der Waals surface area contributed by atoms with Crippen LogP contribution in [-0.4, -0.2) is 33.2 Å². The summed E-state index contributed by atoms with van der Waals surface area (Å²) in [6.07, 6.45) is 0. The molecule has 286 valence electrons. The molecule has 0 fully saturated rings. The standard InChI is InChI=1S/C46H31N5.C8H9N/c1-47-45(32-13-3-2-4-14-32)48-29-30-12-11-15-33(28-30)31-22-24-34(25-23-31)50-41-20-9-7-17-36(41)38-27-26-37-35-16-5-6-18-39(35)46-49-40-19-8-10-21-42(40)51(46)44(37)43(38)50;1-9-7-8-5-3-2-4-6-8/h2-28H,1,29H2;2-6H,1,7H2. The molecule has 3 heterocycles. The van der Waals surface area contributed by atoms with Crippen LogP contribution in [0.1, 0.15) is 16.7 Å². The second-order valence-electron chi connectivity index (χ2n) is 14.8. The van der Waals surface area contributed by atoms with Gasteiger partial charge in [-0.15, -0.1) is 0 Å². The van der Waals surface area contributed by atoms with Crippen molar-refractivity contribution in [3.05, 3.63) is 211 Å². The molecule has 0 N–H and O–H groups in total. The van der Waals surface area contributed by atoms with Gasteiger partial charge in [-0.05, 0) is 77.5 Å². The number of para-hydroxylation sites is 3. The van der Waals surface area contributed by atoms with Crippen molar-refractivity contribution < 1.29 is 0 Å². The van der Waals surface area contributed by atoms with Crippen molar-refractivity contribution >= 4 is 79.4 Å². The second kappa shape index (κ2) is 15.8. The smallest absolute Gasteiger partial charge is 0.154 e. The van der Waals surface area contributed by atoms with Crippen molar-refractivity contribution in [3.63, 3.8) is 0 Å². The quantitative estimate of drug-likeness (QED) is 0.0904. The molecule has 8 aromatic carbocycles. The van der Waals surface area contributed by atoms with E-state index in [2.05, 4.69) is 166 Å². The fraction of sp³-hybridized carbons (Fsp3) is 0.0370. The summed E-state index contributed by atoms with van der Waals surface area (Å²) in [4.78, 5) is 17.9. The third kappa shape index (κ3) is 6.50. The van der Waals surface area contributed by atoms with Crippen molar-refractivity contribution in [2.75, 3.05) is 0 Å². The average Bonchev–Trinajstić information content (AvgIpc) is 3.87. The molecule has 60 heavy (non-hydrogen) atoms. The maximum Gasteiger partial charge on any atom is 0.154 e. The monoisotopic (exact) mass is 772 g/mol. The number of fused-ring (bicyclic) bond motifs is 12. The molecule has 3 aromatic heterocycles. The molecule has 0 radical (unpaired) electrons. The van der Waals surface area contributed by atoms with E-state index >= 15 is 0 Å². The summed E-state index contributed by atoms with van der Waals surface area (Å²) in [5, 5.41) is 6.00. The number of pyridine rings is 1. The Hall–Kier alpha value is -7.96. The van der Waals surface area contributed by atoms with Gasteiger partial charge in [0.05, 0.1) is 40.7 Å². The first-order valence-electron chi connectivity index (χ1n) is 20.1. The van der Waals surface area contributed by atoms with Gasteiger partial charge in [0.1, 0.15) is 5.65 Å². The van der Waals surface area contributed by atoms with Crippen LogP contribution in [0.3, 0.4) is 0 Å². The van der Waals surface area contributed by atoms with Gasteiger partial charge in [0.15, 0.2) is 5.84 Å². The maximum atomic E-state index is 5.19. The van der Waals surface area contributed by atoms with Crippen LogP contribution in [0.2, 0.25) is 0 Å². The number of hydrogen-bond acceptors (Lipinski definition) is 3. The summed E-state index contributed by atoms with van der Waals surface area (Å²) in [5.41, 5.74) is 13.3. The maximum absolute atomic E-state index is 5.19. The summed E-state index contributed by atoms with van der Waals surface area (Å²) in [7, 11) is 0. The molecule has 6 heteroatoms. The summed E-state index contributed by atoms with van der Waals surface area (Å²) in [6, 6.07) is 68.0. The largest absolute Gasteiger partial charge is 0.307 e. The Morgan fingerprint density at radius 1 is 0.483 bits per heavy atom. The lowest BCUT2D eigenvalue weighted by Gasteiger charge is -2.14. The van der Waals surface area contributed by atoms with E-state index in [0.717, 1.165) is 62.1 Å². The predicted octanol–water partition coefficient (Wildman–Crippen LogP) is 13.1. The SMILES string of the molecule is C=NC(=NCc1cccc(-c2ccc(-n3c4ccccc4c4ccc5c6ccccc6c6nc7ccccc7n6c5c43)cc2)c1)c1ccccc1.C=NCc1ccccc1. The lowest BCUT2D eigenvalue weighted by atomic mass is 10.0. The normalized spacial score (nSPS) is 11.7. The Bertz CT molecular complexity index is 3400. The number of benzene rings is 8. The van der Waals surface area contributed by atoms with Gasteiger partial charge in [0, 0.05) is 32.8 Å². The minimum absolute atomic E-state index is 0.523. The summed E-state index contributed by atoms with van der Waals surface area (Å²) in [5.74, 6) is 0.651. The van der Waals surface area contributed by atoms with Crippen LogP contribution in [-0.2, 0) is 13.1 Å². The molecule has 0 aliphatic carbocycles. The first-order chi connectivity index (χ1) is 29.7. The van der Waals surface area contributed by atoms with Gasteiger partial charge >= 0.3 is 0 Å². The Labute approximate surface area is 347 Å². The molecule has 0 aliphatic heterocycles. The second-order valence-corrected chi connectivity index (χ2v) is 14.8. The van der Waals surface area contributed by atoms with Gasteiger partial charge in [-0.3, -0.25) is 14.4 Å². The fourth-order valence-corrected chi connectivity index (χ4v) is 8.45. The molecule has 0 atom stereocenters. The topological polar surface area (TPSA) is 59.3 Å². The van der Waals surface area contributed by atoms with Crippen LogP contribution >= 0.6 is 0 Å². The Morgan fingerprint density at radius 2 is 1.12 bits per heavy atom. The third-order valence-corrected chi connectivity index (χ3v) is 11.2. The summed E-state index contributed by atoms with van der Waals surface area (Å²) in [6.45, 7) is 8.40. The lowest BCUT2D eigenvalue weighted by Crippen LogP contribution is -1.98. The Balaban J connectivity index is 0.000000429. The zero-order valence-corrected chi connectivity index (χ0v) is 33.0. The van der Waals surface area contributed by atoms with E-state index in [1.807, 2.05) is 60.7 Å². The number of amidine groups is 1. The van der Waals surface area contributed by atoms with E-state index in [1.54, 1.807) is 0 Å². The number of aromatic nitrogens is 3. The molecule has 11 aromatic rings. The molecule has 0 bridgehead atoms. The van der Waals surface area contributed by atoms with E-state index in [4.69, 9.17) is 9.98 Å². The van der Waals surface area contributed by atoms with Crippen LogP contribution in [0.15, 0.2) is 209 Å². The number of hydrogen-bond donors (Lipinski definition) is 0. The first kappa shape index (κ1) is 36.4.